The standard InChI is InChI=1S/C8H11Br2N3/c9-6-3-7(10)8(13-4-6)5-12-2-1-11/h3-4,12H,1-2,5,11H2. The molecule has 1 aromatic heterocycles. The molecule has 3 nitrogen and oxygen atoms in total. The number of nitrogens with one attached hydrogen (secondary N) is 1. The Hall–Kier alpha value is 0.0300. The maximum atomic E-state index is 5.35. The van der Waals surface area contributed by atoms with E-state index in [4.69, 9.17) is 5.73 Å². The van der Waals surface area contributed by atoms with Crippen molar-refractivity contribution >= 4 is 31.9 Å². The van der Waals surface area contributed by atoms with Gasteiger partial charge in [0.1, 0.15) is 0 Å². The lowest BCUT2D eigenvalue weighted by atomic mass is 10.3. The molecule has 0 bridgehead atoms. The summed E-state index contributed by atoms with van der Waals surface area (Å²) in [5, 5.41) is 3.18. The highest BCUT2D eigenvalue weighted by atomic mass is 79.9. The van der Waals surface area contributed by atoms with Gasteiger partial charge in [-0.2, -0.15) is 0 Å². The van der Waals surface area contributed by atoms with E-state index in [2.05, 4.69) is 42.2 Å². The third-order valence-electron chi connectivity index (χ3n) is 1.50. The topological polar surface area (TPSA) is 50.9 Å². The second kappa shape index (κ2) is 5.70. The third-order valence-corrected chi connectivity index (χ3v) is 2.62. The molecule has 0 aliphatic heterocycles. The van der Waals surface area contributed by atoms with Crippen molar-refractivity contribution in [3.05, 3.63) is 26.9 Å². The Kier molecular flexibility index (Phi) is 4.87. The molecule has 1 rings (SSSR count). The van der Waals surface area contributed by atoms with Gasteiger partial charge in [-0.1, -0.05) is 0 Å². The van der Waals surface area contributed by atoms with E-state index < -0.39 is 0 Å². The molecule has 3 N–H and O–H groups in total. The Bertz CT molecular complexity index is 278. The van der Waals surface area contributed by atoms with Crippen LogP contribution in [0.5, 0.6) is 0 Å². The van der Waals surface area contributed by atoms with E-state index in [1.807, 2.05) is 6.07 Å². The molecule has 0 fully saturated rings. The van der Waals surface area contributed by atoms with Crippen LogP contribution < -0.4 is 11.1 Å². The van der Waals surface area contributed by atoms with Crippen molar-refractivity contribution in [3.63, 3.8) is 0 Å². The first-order valence-corrected chi connectivity index (χ1v) is 5.53. The normalized spacial score (nSPS) is 10.4. The van der Waals surface area contributed by atoms with E-state index >= 15 is 0 Å². The van der Waals surface area contributed by atoms with Crippen LogP contribution in [0.1, 0.15) is 5.69 Å². The summed E-state index contributed by atoms with van der Waals surface area (Å²) in [6.45, 7) is 2.20. The van der Waals surface area contributed by atoms with E-state index in [0.717, 1.165) is 27.7 Å². The molecule has 0 saturated carbocycles. The summed E-state index contributed by atoms with van der Waals surface area (Å²) in [5.74, 6) is 0. The molecule has 0 spiro atoms. The Labute approximate surface area is 94.4 Å². The van der Waals surface area contributed by atoms with Gasteiger partial charge in [0.05, 0.1) is 5.69 Å². The average Bonchev–Trinajstić information content (AvgIpc) is 2.09. The molecule has 0 aliphatic rings. The summed E-state index contributed by atoms with van der Waals surface area (Å²) < 4.78 is 1.98. The molecule has 72 valence electrons. The molecule has 1 heterocycles. The zero-order valence-electron chi connectivity index (χ0n) is 7.06. The molecule has 0 saturated heterocycles. The summed E-state index contributed by atoms with van der Waals surface area (Å²) in [6.07, 6.45) is 1.78. The van der Waals surface area contributed by atoms with Crippen molar-refractivity contribution in [2.24, 2.45) is 5.73 Å². The lowest BCUT2D eigenvalue weighted by Gasteiger charge is -2.04. The van der Waals surface area contributed by atoms with Gasteiger partial charge in [0.2, 0.25) is 0 Å². The van der Waals surface area contributed by atoms with Gasteiger partial charge in [-0.25, -0.2) is 0 Å². The maximum Gasteiger partial charge on any atom is 0.0684 e. The second-order valence-corrected chi connectivity index (χ2v) is 4.32. The fourth-order valence-corrected chi connectivity index (χ4v) is 2.01. The smallest absolute Gasteiger partial charge is 0.0684 e. The molecular formula is C8H11Br2N3. The van der Waals surface area contributed by atoms with E-state index in [-0.39, 0.29) is 0 Å². The van der Waals surface area contributed by atoms with Crippen LogP contribution in [-0.4, -0.2) is 18.1 Å². The first-order valence-electron chi connectivity index (χ1n) is 3.94. The van der Waals surface area contributed by atoms with Gasteiger partial charge in [-0.3, -0.25) is 4.98 Å². The molecule has 0 aromatic carbocycles. The van der Waals surface area contributed by atoms with E-state index in [1.54, 1.807) is 6.20 Å². The fourth-order valence-electron chi connectivity index (χ4n) is 0.882. The number of pyridine rings is 1. The number of hydrogen-bond acceptors (Lipinski definition) is 3. The molecule has 0 radical (unpaired) electrons. The molecule has 0 amide bonds. The largest absolute Gasteiger partial charge is 0.329 e. The summed E-state index contributed by atoms with van der Waals surface area (Å²) in [7, 11) is 0. The van der Waals surface area contributed by atoms with Gasteiger partial charge in [-0.05, 0) is 37.9 Å². The van der Waals surface area contributed by atoms with Crippen LogP contribution >= 0.6 is 31.9 Å². The molecule has 13 heavy (non-hydrogen) atoms. The zero-order chi connectivity index (χ0) is 9.68. The van der Waals surface area contributed by atoms with Crippen molar-refractivity contribution in [1.29, 1.82) is 0 Å². The van der Waals surface area contributed by atoms with Gasteiger partial charge < -0.3 is 11.1 Å². The summed E-state index contributed by atoms with van der Waals surface area (Å²) in [4.78, 5) is 4.25. The van der Waals surface area contributed by atoms with Crippen LogP contribution in [0.3, 0.4) is 0 Å². The SMILES string of the molecule is NCCNCc1ncc(Br)cc1Br. The van der Waals surface area contributed by atoms with Crippen LogP contribution in [-0.2, 0) is 6.54 Å². The minimum atomic E-state index is 0.647. The van der Waals surface area contributed by atoms with E-state index in [1.165, 1.54) is 0 Å². The summed E-state index contributed by atoms with van der Waals surface area (Å²) >= 11 is 6.78. The highest BCUT2D eigenvalue weighted by Crippen LogP contribution is 2.19. The van der Waals surface area contributed by atoms with Crippen molar-refractivity contribution < 1.29 is 0 Å². The van der Waals surface area contributed by atoms with E-state index in [0.29, 0.717) is 6.54 Å². The molecule has 0 aliphatic carbocycles. The predicted molar refractivity (Wildman–Crippen MR) is 60.4 cm³/mol. The predicted octanol–water partition coefficient (Wildman–Crippen LogP) is 1.65. The van der Waals surface area contributed by atoms with Crippen molar-refractivity contribution in [3.8, 4) is 0 Å². The fraction of sp³-hybridized carbons (Fsp3) is 0.375. The minimum absolute atomic E-state index is 0.647. The molecule has 0 unspecified atom stereocenters. The van der Waals surface area contributed by atoms with Crippen LogP contribution in [0.2, 0.25) is 0 Å². The Morgan fingerprint density at radius 2 is 2.23 bits per heavy atom. The van der Waals surface area contributed by atoms with Gasteiger partial charge in [0, 0.05) is 34.8 Å². The average molecular weight is 309 g/mol. The molecule has 5 heteroatoms. The van der Waals surface area contributed by atoms with Gasteiger partial charge in [0.15, 0.2) is 0 Å². The Morgan fingerprint density at radius 3 is 2.85 bits per heavy atom. The maximum absolute atomic E-state index is 5.35. The number of aromatic nitrogens is 1. The summed E-state index contributed by atoms with van der Waals surface area (Å²) in [5.41, 5.74) is 6.35. The number of halogens is 2. The Balaban J connectivity index is 2.56. The van der Waals surface area contributed by atoms with Gasteiger partial charge in [0.25, 0.3) is 0 Å². The third kappa shape index (κ3) is 3.72. The zero-order valence-corrected chi connectivity index (χ0v) is 10.2. The van der Waals surface area contributed by atoms with Crippen molar-refractivity contribution in [2.75, 3.05) is 13.1 Å². The number of rotatable bonds is 4. The van der Waals surface area contributed by atoms with Crippen LogP contribution in [0, 0.1) is 0 Å². The number of hydrogen-bond donors (Lipinski definition) is 2. The first kappa shape index (κ1) is 11.1. The van der Waals surface area contributed by atoms with E-state index in [9.17, 15) is 0 Å². The Morgan fingerprint density at radius 1 is 1.46 bits per heavy atom. The monoisotopic (exact) mass is 307 g/mol. The van der Waals surface area contributed by atoms with Crippen molar-refractivity contribution in [2.45, 2.75) is 6.54 Å². The first-order chi connectivity index (χ1) is 6.24. The molecule has 0 atom stereocenters. The highest BCUT2D eigenvalue weighted by molar-refractivity contribution is 9.11. The molecule has 1 aromatic rings. The summed E-state index contributed by atoms with van der Waals surface area (Å²) in [6, 6.07) is 1.98. The molecular weight excluding hydrogens is 298 g/mol. The number of nitrogens with zero attached hydrogens (tertiary/aromatic N) is 1. The second-order valence-electron chi connectivity index (χ2n) is 2.55. The van der Waals surface area contributed by atoms with Gasteiger partial charge >= 0.3 is 0 Å². The number of nitrogens with two attached hydrogens (primary N) is 1. The quantitative estimate of drug-likeness (QED) is 0.832. The van der Waals surface area contributed by atoms with Gasteiger partial charge in [-0.15, -0.1) is 0 Å². The van der Waals surface area contributed by atoms with Crippen LogP contribution in [0.15, 0.2) is 21.2 Å². The van der Waals surface area contributed by atoms with Crippen molar-refractivity contribution in [1.82, 2.24) is 10.3 Å². The highest BCUT2D eigenvalue weighted by Gasteiger charge is 2.00. The van der Waals surface area contributed by atoms with Crippen LogP contribution in [0.25, 0.3) is 0 Å². The minimum Gasteiger partial charge on any atom is -0.329 e. The van der Waals surface area contributed by atoms with Crippen LogP contribution in [0.4, 0.5) is 0 Å². The lowest BCUT2D eigenvalue weighted by Crippen LogP contribution is -2.22. The lowest BCUT2D eigenvalue weighted by molar-refractivity contribution is 0.680.